The molecule has 0 aromatic heterocycles. The first-order valence-electron chi connectivity index (χ1n) is 6.65. The zero-order chi connectivity index (χ0) is 13.1. The molecule has 0 atom stereocenters. The average Bonchev–Trinajstić information content (AvgIpc) is 2.37. The Labute approximate surface area is 113 Å². The van der Waals surface area contributed by atoms with Gasteiger partial charge in [-0.2, -0.15) is 0 Å². The minimum Gasteiger partial charge on any atom is -0.490 e. The molecule has 2 rings (SSSR count). The lowest BCUT2D eigenvalue weighted by Gasteiger charge is -2.26. The number of halogens is 2. The maximum atomic E-state index is 13.8. The van der Waals surface area contributed by atoms with E-state index >= 15 is 0 Å². The molecule has 3 heteroatoms. The van der Waals surface area contributed by atoms with Crippen LogP contribution in [-0.4, -0.2) is 6.61 Å². The average molecular weight is 271 g/mol. The Bertz CT molecular complexity index is 411. The molecule has 1 aliphatic carbocycles. The van der Waals surface area contributed by atoms with Crippen LogP contribution in [0.5, 0.6) is 5.75 Å². The van der Waals surface area contributed by atoms with Crippen LogP contribution in [0.3, 0.4) is 0 Å². The molecule has 0 heterocycles. The van der Waals surface area contributed by atoms with Gasteiger partial charge in [-0.25, -0.2) is 4.39 Å². The number of rotatable bonds is 3. The van der Waals surface area contributed by atoms with E-state index in [2.05, 4.69) is 6.92 Å². The van der Waals surface area contributed by atoms with E-state index in [1.807, 2.05) is 0 Å². The molecule has 0 spiro atoms. The summed E-state index contributed by atoms with van der Waals surface area (Å²) >= 11 is 5.87. The highest BCUT2D eigenvalue weighted by Crippen LogP contribution is 2.31. The van der Waals surface area contributed by atoms with E-state index in [9.17, 15) is 4.39 Å². The molecule has 0 N–H and O–H groups in total. The standard InChI is InChI=1S/C15H20ClFO/c1-10-3-6-12(7-4-10)9-18-13-8-5-11(2)14(16)15(13)17/h5,8,10,12H,3-4,6-7,9H2,1-2H3. The molecule has 0 amide bonds. The molecule has 1 aromatic rings. The molecule has 0 unspecified atom stereocenters. The second kappa shape index (κ2) is 5.92. The molecule has 18 heavy (non-hydrogen) atoms. The van der Waals surface area contributed by atoms with Crippen molar-refractivity contribution in [2.24, 2.45) is 11.8 Å². The third-order valence-corrected chi connectivity index (χ3v) is 4.31. The molecule has 100 valence electrons. The smallest absolute Gasteiger partial charge is 0.183 e. The predicted octanol–water partition coefficient (Wildman–Crippen LogP) is 4.99. The minimum atomic E-state index is -0.430. The van der Waals surface area contributed by atoms with Crippen LogP contribution in [0, 0.1) is 24.6 Å². The van der Waals surface area contributed by atoms with E-state index in [4.69, 9.17) is 16.3 Å². The Hall–Kier alpha value is -0.760. The van der Waals surface area contributed by atoms with Crippen molar-refractivity contribution in [3.8, 4) is 5.75 Å². The third kappa shape index (κ3) is 3.17. The highest BCUT2D eigenvalue weighted by Gasteiger charge is 2.19. The SMILES string of the molecule is Cc1ccc(OCC2CCC(C)CC2)c(F)c1Cl. The van der Waals surface area contributed by atoms with Crippen LogP contribution in [0.2, 0.25) is 5.02 Å². The Kier molecular flexibility index (Phi) is 4.50. The molecule has 1 aliphatic rings. The van der Waals surface area contributed by atoms with Gasteiger partial charge in [-0.3, -0.25) is 0 Å². The van der Waals surface area contributed by atoms with Gasteiger partial charge in [0.25, 0.3) is 0 Å². The zero-order valence-corrected chi connectivity index (χ0v) is 11.8. The summed E-state index contributed by atoms with van der Waals surface area (Å²) in [4.78, 5) is 0. The van der Waals surface area contributed by atoms with Crippen LogP contribution in [0.1, 0.15) is 38.2 Å². The normalized spacial score (nSPS) is 24.0. The number of aryl methyl sites for hydroxylation is 1. The first-order chi connectivity index (χ1) is 8.58. The van der Waals surface area contributed by atoms with Crippen molar-refractivity contribution in [3.05, 3.63) is 28.5 Å². The lowest BCUT2D eigenvalue weighted by Crippen LogP contribution is -2.19. The van der Waals surface area contributed by atoms with Crippen LogP contribution >= 0.6 is 11.6 Å². The van der Waals surface area contributed by atoms with Crippen LogP contribution in [-0.2, 0) is 0 Å². The lowest BCUT2D eigenvalue weighted by atomic mass is 9.83. The topological polar surface area (TPSA) is 9.23 Å². The van der Waals surface area contributed by atoms with Crippen LogP contribution in [0.25, 0.3) is 0 Å². The largest absolute Gasteiger partial charge is 0.490 e. The van der Waals surface area contributed by atoms with Crippen molar-refractivity contribution in [2.75, 3.05) is 6.61 Å². The van der Waals surface area contributed by atoms with Gasteiger partial charge in [0.2, 0.25) is 0 Å². The molecule has 0 aliphatic heterocycles. The Morgan fingerprint density at radius 1 is 1.28 bits per heavy atom. The summed E-state index contributed by atoms with van der Waals surface area (Å²) < 4.78 is 19.4. The summed E-state index contributed by atoms with van der Waals surface area (Å²) in [5, 5.41) is 0.171. The predicted molar refractivity (Wildman–Crippen MR) is 72.8 cm³/mol. The van der Waals surface area contributed by atoms with E-state index in [-0.39, 0.29) is 10.8 Å². The molecule has 1 saturated carbocycles. The fourth-order valence-electron chi connectivity index (χ4n) is 2.44. The summed E-state index contributed by atoms with van der Waals surface area (Å²) in [5.41, 5.74) is 0.744. The van der Waals surface area contributed by atoms with E-state index in [1.54, 1.807) is 19.1 Å². The third-order valence-electron chi connectivity index (χ3n) is 3.85. The van der Waals surface area contributed by atoms with E-state index in [0.717, 1.165) is 11.5 Å². The second-order valence-electron chi connectivity index (χ2n) is 5.45. The van der Waals surface area contributed by atoms with Gasteiger partial charge in [-0.05, 0) is 43.2 Å². The Morgan fingerprint density at radius 2 is 1.94 bits per heavy atom. The lowest BCUT2D eigenvalue weighted by molar-refractivity contribution is 0.183. The highest BCUT2D eigenvalue weighted by molar-refractivity contribution is 6.31. The molecule has 1 fully saturated rings. The van der Waals surface area contributed by atoms with E-state index < -0.39 is 5.82 Å². The Morgan fingerprint density at radius 3 is 2.61 bits per heavy atom. The number of hydrogen-bond donors (Lipinski definition) is 0. The van der Waals surface area contributed by atoms with Gasteiger partial charge in [-0.15, -0.1) is 0 Å². The zero-order valence-electron chi connectivity index (χ0n) is 11.0. The quantitative estimate of drug-likeness (QED) is 0.752. The van der Waals surface area contributed by atoms with Crippen molar-refractivity contribution in [3.63, 3.8) is 0 Å². The molecular formula is C15H20ClFO. The molecule has 1 nitrogen and oxygen atoms in total. The fourth-order valence-corrected chi connectivity index (χ4v) is 2.60. The van der Waals surface area contributed by atoms with E-state index in [1.165, 1.54) is 25.7 Å². The molecule has 1 aromatic carbocycles. The molecular weight excluding hydrogens is 251 g/mol. The van der Waals surface area contributed by atoms with Gasteiger partial charge in [0, 0.05) is 0 Å². The van der Waals surface area contributed by atoms with Gasteiger partial charge in [0.15, 0.2) is 11.6 Å². The number of hydrogen-bond acceptors (Lipinski definition) is 1. The van der Waals surface area contributed by atoms with Crippen molar-refractivity contribution >= 4 is 11.6 Å². The van der Waals surface area contributed by atoms with Gasteiger partial charge < -0.3 is 4.74 Å². The van der Waals surface area contributed by atoms with E-state index in [0.29, 0.717) is 12.5 Å². The molecule has 0 bridgehead atoms. The minimum absolute atomic E-state index is 0.171. The van der Waals surface area contributed by atoms with Gasteiger partial charge >= 0.3 is 0 Å². The monoisotopic (exact) mass is 270 g/mol. The maximum absolute atomic E-state index is 13.8. The number of ether oxygens (including phenoxy) is 1. The van der Waals surface area contributed by atoms with Crippen LogP contribution in [0.15, 0.2) is 12.1 Å². The van der Waals surface area contributed by atoms with Crippen LogP contribution < -0.4 is 4.74 Å². The summed E-state index contributed by atoms with van der Waals surface area (Å²) in [5.74, 6) is 1.23. The number of benzene rings is 1. The molecule has 0 saturated heterocycles. The molecule has 0 radical (unpaired) electrons. The first-order valence-corrected chi connectivity index (χ1v) is 7.03. The second-order valence-corrected chi connectivity index (χ2v) is 5.82. The van der Waals surface area contributed by atoms with Gasteiger partial charge in [0.05, 0.1) is 11.6 Å². The first kappa shape index (κ1) is 13.7. The highest BCUT2D eigenvalue weighted by atomic mass is 35.5. The van der Waals surface area contributed by atoms with Crippen molar-refractivity contribution in [1.82, 2.24) is 0 Å². The summed E-state index contributed by atoms with van der Waals surface area (Å²) in [6, 6.07) is 3.46. The summed E-state index contributed by atoms with van der Waals surface area (Å²) in [7, 11) is 0. The van der Waals surface area contributed by atoms with Gasteiger partial charge in [-0.1, -0.05) is 37.4 Å². The van der Waals surface area contributed by atoms with Crippen molar-refractivity contribution in [1.29, 1.82) is 0 Å². The maximum Gasteiger partial charge on any atom is 0.183 e. The van der Waals surface area contributed by atoms with Crippen LogP contribution in [0.4, 0.5) is 4.39 Å². The summed E-state index contributed by atoms with van der Waals surface area (Å²) in [6.07, 6.45) is 4.88. The van der Waals surface area contributed by atoms with Gasteiger partial charge in [0.1, 0.15) is 0 Å². The Balaban J connectivity index is 1.92. The summed E-state index contributed by atoms with van der Waals surface area (Å²) in [6.45, 7) is 4.68. The fraction of sp³-hybridized carbons (Fsp3) is 0.600. The van der Waals surface area contributed by atoms with Crippen molar-refractivity contribution in [2.45, 2.75) is 39.5 Å². The van der Waals surface area contributed by atoms with Crippen molar-refractivity contribution < 1.29 is 9.13 Å².